The molecule has 0 aliphatic rings. The third-order valence-corrected chi connectivity index (χ3v) is 4.97. The molecule has 6 heteroatoms. The average Bonchev–Trinajstić information content (AvgIpc) is 2.53. The van der Waals surface area contributed by atoms with Crippen LogP contribution in [0.25, 0.3) is 11.1 Å². The van der Waals surface area contributed by atoms with Gasteiger partial charge in [0.25, 0.3) is 10.0 Å². The summed E-state index contributed by atoms with van der Waals surface area (Å²) in [5.41, 5.74) is 2.20. The van der Waals surface area contributed by atoms with Gasteiger partial charge in [-0.1, -0.05) is 64.5 Å². The largest absolute Gasteiger partial charge is 0.368 e. The fourth-order valence-corrected chi connectivity index (χ4v) is 4.06. The van der Waals surface area contributed by atoms with E-state index in [4.69, 9.17) is 0 Å². The Hall–Kier alpha value is -1.66. The number of nitrogens with zero attached hydrogens (tertiary/aromatic N) is 2. The lowest BCUT2D eigenvalue weighted by atomic mass is 10.0. The van der Waals surface area contributed by atoms with Crippen LogP contribution in [0.5, 0.6) is 0 Å². The Labute approximate surface area is 139 Å². The number of rotatable bonds is 5. The number of hydrogen-bond acceptors (Lipinski definition) is 2. The predicted molar refractivity (Wildman–Crippen MR) is 93.9 cm³/mol. The third-order valence-electron chi connectivity index (χ3n) is 3.00. The quantitative estimate of drug-likeness (QED) is 0.452. The van der Waals surface area contributed by atoms with E-state index in [1.165, 1.54) is 6.34 Å². The first kappa shape index (κ1) is 16.7. The number of benzene rings is 2. The van der Waals surface area contributed by atoms with Crippen molar-refractivity contribution in [2.45, 2.75) is 10.2 Å². The summed E-state index contributed by atoms with van der Waals surface area (Å²) in [4.78, 5) is 1.84. The summed E-state index contributed by atoms with van der Waals surface area (Å²) in [7, 11) is -0.320. The topological polar surface area (TPSA) is 49.7 Å². The lowest BCUT2D eigenvalue weighted by Crippen LogP contribution is -2.11. The van der Waals surface area contributed by atoms with Crippen LogP contribution in [0.2, 0.25) is 0 Å². The van der Waals surface area contributed by atoms with E-state index in [9.17, 15) is 8.42 Å². The lowest BCUT2D eigenvalue weighted by molar-refractivity contribution is 0.594. The Morgan fingerprint density at radius 2 is 1.77 bits per heavy atom. The van der Waals surface area contributed by atoms with Gasteiger partial charge < -0.3 is 4.90 Å². The lowest BCUT2D eigenvalue weighted by Gasteiger charge is -2.12. The van der Waals surface area contributed by atoms with Gasteiger partial charge in [0.15, 0.2) is 0 Å². The Bertz CT molecular complexity index is 772. The van der Waals surface area contributed by atoms with Crippen LogP contribution in [0.15, 0.2) is 57.8 Å². The van der Waals surface area contributed by atoms with Crippen molar-refractivity contribution in [3.8, 4) is 11.1 Å². The van der Waals surface area contributed by atoms with Crippen molar-refractivity contribution in [2.24, 2.45) is 4.40 Å². The van der Waals surface area contributed by atoms with Crippen LogP contribution in [-0.4, -0.2) is 33.8 Å². The maximum Gasteiger partial charge on any atom is 0.284 e. The fraction of sp³-hybridized carbons (Fsp3) is 0.188. The van der Waals surface area contributed by atoms with Crippen LogP contribution in [-0.2, 0) is 15.4 Å². The van der Waals surface area contributed by atoms with Gasteiger partial charge in [0.05, 0.1) is 0 Å². The highest BCUT2D eigenvalue weighted by atomic mass is 79.9. The third kappa shape index (κ3) is 3.75. The van der Waals surface area contributed by atoms with Crippen molar-refractivity contribution in [3.63, 3.8) is 0 Å². The molecule has 0 spiro atoms. The predicted octanol–water partition coefficient (Wildman–Crippen LogP) is 3.53. The molecule has 0 heterocycles. The van der Waals surface area contributed by atoms with Gasteiger partial charge >= 0.3 is 0 Å². The molecule has 0 aromatic heterocycles. The molecule has 0 amide bonds. The summed E-state index contributed by atoms with van der Waals surface area (Å²) in [6, 6.07) is 14.9. The second-order valence-electron chi connectivity index (χ2n) is 4.95. The minimum atomic E-state index is -3.78. The maximum absolute atomic E-state index is 12.7. The van der Waals surface area contributed by atoms with Gasteiger partial charge in [0, 0.05) is 25.0 Å². The second kappa shape index (κ2) is 7.07. The van der Waals surface area contributed by atoms with Crippen molar-refractivity contribution in [1.29, 1.82) is 0 Å². The van der Waals surface area contributed by atoms with Crippen molar-refractivity contribution in [2.75, 3.05) is 14.1 Å². The zero-order valence-corrected chi connectivity index (χ0v) is 14.8. The summed E-state index contributed by atoms with van der Waals surface area (Å²) in [6.45, 7) is 0. The van der Waals surface area contributed by atoms with Gasteiger partial charge in [-0.2, -0.15) is 8.42 Å². The average molecular weight is 381 g/mol. The Kier molecular flexibility index (Phi) is 5.37. The van der Waals surface area contributed by atoms with E-state index >= 15 is 0 Å². The van der Waals surface area contributed by atoms with E-state index in [2.05, 4.69) is 20.3 Å². The smallest absolute Gasteiger partial charge is 0.284 e. The van der Waals surface area contributed by atoms with E-state index in [0.29, 0.717) is 16.5 Å². The van der Waals surface area contributed by atoms with Crippen LogP contribution in [0.3, 0.4) is 0 Å². The maximum atomic E-state index is 12.7. The van der Waals surface area contributed by atoms with Crippen molar-refractivity contribution in [1.82, 2.24) is 4.90 Å². The molecule has 0 bridgehead atoms. The van der Waals surface area contributed by atoms with Gasteiger partial charge in [0.1, 0.15) is 11.2 Å². The number of alkyl halides is 1. The molecule has 0 saturated carbocycles. The molecule has 4 nitrogen and oxygen atoms in total. The van der Waals surface area contributed by atoms with Crippen LogP contribution < -0.4 is 0 Å². The Balaban J connectivity index is 2.68. The highest BCUT2D eigenvalue weighted by Crippen LogP contribution is 2.32. The summed E-state index contributed by atoms with van der Waals surface area (Å²) in [5.74, 6) is 0. The normalized spacial score (nSPS) is 11.8. The first-order valence-electron chi connectivity index (χ1n) is 6.66. The van der Waals surface area contributed by atoms with Crippen molar-refractivity contribution >= 4 is 32.3 Å². The molecule has 0 aliphatic carbocycles. The molecule has 0 atom stereocenters. The first-order valence-corrected chi connectivity index (χ1v) is 9.22. The fourth-order valence-electron chi connectivity index (χ4n) is 2.05. The molecule has 0 radical (unpaired) electrons. The molecule has 0 N–H and O–H groups in total. The van der Waals surface area contributed by atoms with Crippen molar-refractivity contribution < 1.29 is 8.42 Å². The molecule has 0 saturated heterocycles. The van der Waals surface area contributed by atoms with E-state index < -0.39 is 10.0 Å². The second-order valence-corrected chi connectivity index (χ2v) is 7.08. The van der Waals surface area contributed by atoms with Crippen molar-refractivity contribution in [3.05, 3.63) is 54.1 Å². The van der Waals surface area contributed by atoms with Crippen LogP contribution in [0.4, 0.5) is 0 Å². The molecule has 0 fully saturated rings. The van der Waals surface area contributed by atoms with Gasteiger partial charge in [-0.05, 0) is 11.1 Å². The van der Waals surface area contributed by atoms with E-state index in [1.54, 1.807) is 31.1 Å². The summed E-state index contributed by atoms with van der Waals surface area (Å²) in [6.07, 6.45) is 1.30. The van der Waals surface area contributed by atoms with E-state index in [0.717, 1.165) is 5.56 Å². The highest BCUT2D eigenvalue weighted by Gasteiger charge is 2.22. The standard InChI is InChI=1S/C16H17BrN2O2S/c1-19(2)12-18-22(20,21)16-14(11-17)9-6-10-15(16)13-7-4-3-5-8-13/h3-10,12H,11H2,1-2H3. The molecule has 2 rings (SSSR count). The number of hydrogen-bond donors (Lipinski definition) is 0. The van der Waals surface area contributed by atoms with Gasteiger partial charge in [-0.3, -0.25) is 0 Å². The Morgan fingerprint density at radius 3 is 2.36 bits per heavy atom. The molecular weight excluding hydrogens is 364 g/mol. The minimum Gasteiger partial charge on any atom is -0.368 e. The minimum absolute atomic E-state index is 0.246. The molecule has 0 unspecified atom stereocenters. The van der Waals surface area contributed by atoms with Crippen LogP contribution in [0.1, 0.15) is 5.56 Å². The van der Waals surface area contributed by atoms with Gasteiger partial charge in [-0.15, -0.1) is 4.40 Å². The SMILES string of the molecule is CN(C)C=NS(=O)(=O)c1c(CBr)cccc1-c1ccccc1. The molecular formula is C16H17BrN2O2S. The summed E-state index contributed by atoms with van der Waals surface area (Å²) in [5, 5.41) is 0.444. The number of sulfonamides is 1. The summed E-state index contributed by atoms with van der Waals surface area (Å²) >= 11 is 3.36. The molecule has 22 heavy (non-hydrogen) atoms. The van der Waals surface area contributed by atoms with E-state index in [-0.39, 0.29) is 4.90 Å². The summed E-state index contributed by atoms with van der Waals surface area (Å²) < 4.78 is 29.1. The first-order chi connectivity index (χ1) is 10.5. The number of halogens is 1. The molecule has 116 valence electrons. The molecule has 2 aromatic rings. The zero-order valence-electron chi connectivity index (χ0n) is 12.4. The molecule has 2 aromatic carbocycles. The van der Waals surface area contributed by atoms with Gasteiger partial charge in [0.2, 0.25) is 0 Å². The van der Waals surface area contributed by atoms with E-state index in [1.807, 2.05) is 36.4 Å². The molecule has 0 aliphatic heterocycles. The van der Waals surface area contributed by atoms with Crippen LogP contribution >= 0.6 is 15.9 Å². The zero-order chi connectivity index (χ0) is 16.2. The monoisotopic (exact) mass is 380 g/mol. The Morgan fingerprint density at radius 1 is 1.09 bits per heavy atom. The van der Waals surface area contributed by atoms with Crippen LogP contribution in [0, 0.1) is 0 Å². The highest BCUT2D eigenvalue weighted by molar-refractivity contribution is 9.08. The van der Waals surface area contributed by atoms with Gasteiger partial charge in [-0.25, -0.2) is 0 Å².